The number of benzene rings is 1. The minimum atomic E-state index is -0.0648. The van der Waals surface area contributed by atoms with Crippen LogP contribution in [-0.4, -0.2) is 9.97 Å². The van der Waals surface area contributed by atoms with Gasteiger partial charge in [0.2, 0.25) is 0 Å². The zero-order valence-electron chi connectivity index (χ0n) is 10.3. The molecule has 2 aromatic heterocycles. The summed E-state index contributed by atoms with van der Waals surface area (Å²) in [6.45, 7) is 0.693. The molecule has 19 heavy (non-hydrogen) atoms. The number of nitrogens with zero attached hydrogens (tertiary/aromatic N) is 1. The first-order chi connectivity index (χ1) is 9.34. The second-order valence-electron chi connectivity index (χ2n) is 4.29. The number of H-pyrrole nitrogens is 1. The molecule has 94 valence electrons. The Bertz CT molecular complexity index is 750. The Kier molecular flexibility index (Phi) is 2.98. The number of rotatable bonds is 3. The molecule has 0 saturated carbocycles. The van der Waals surface area contributed by atoms with Crippen LogP contribution in [0.2, 0.25) is 0 Å². The number of aromatic amines is 1. The summed E-state index contributed by atoms with van der Waals surface area (Å²) in [6.07, 6.45) is 5.25. The van der Waals surface area contributed by atoms with Crippen molar-refractivity contribution in [3.05, 3.63) is 70.9 Å². The van der Waals surface area contributed by atoms with E-state index in [1.807, 2.05) is 36.4 Å². The van der Waals surface area contributed by atoms with E-state index in [2.05, 4.69) is 15.3 Å². The third-order valence-corrected chi connectivity index (χ3v) is 3.04. The Hall–Kier alpha value is -2.62. The van der Waals surface area contributed by atoms with E-state index in [9.17, 15) is 4.79 Å². The number of aromatic nitrogens is 2. The van der Waals surface area contributed by atoms with Gasteiger partial charge in [0, 0.05) is 35.9 Å². The van der Waals surface area contributed by atoms with Gasteiger partial charge in [-0.25, -0.2) is 0 Å². The van der Waals surface area contributed by atoms with Crippen molar-refractivity contribution < 1.29 is 0 Å². The predicted molar refractivity (Wildman–Crippen MR) is 76.1 cm³/mol. The van der Waals surface area contributed by atoms with Crippen molar-refractivity contribution in [3.8, 4) is 0 Å². The molecule has 2 N–H and O–H groups in total. The topological polar surface area (TPSA) is 57.8 Å². The van der Waals surface area contributed by atoms with Crippen LogP contribution in [0.25, 0.3) is 10.8 Å². The fourth-order valence-corrected chi connectivity index (χ4v) is 2.05. The van der Waals surface area contributed by atoms with Crippen molar-refractivity contribution in [1.82, 2.24) is 9.97 Å². The van der Waals surface area contributed by atoms with Crippen LogP contribution in [0.4, 0.5) is 5.69 Å². The molecule has 4 heteroatoms. The number of pyridine rings is 2. The molecule has 0 atom stereocenters. The van der Waals surface area contributed by atoms with E-state index in [4.69, 9.17) is 0 Å². The first-order valence-corrected chi connectivity index (χ1v) is 6.08. The van der Waals surface area contributed by atoms with Gasteiger partial charge in [0.15, 0.2) is 0 Å². The van der Waals surface area contributed by atoms with Gasteiger partial charge in [0.05, 0.1) is 5.69 Å². The normalized spacial score (nSPS) is 10.5. The van der Waals surface area contributed by atoms with Crippen LogP contribution in [0.3, 0.4) is 0 Å². The molecule has 1 aromatic carbocycles. The molecule has 0 aliphatic carbocycles. The van der Waals surface area contributed by atoms with Crippen LogP contribution in [0.15, 0.2) is 59.8 Å². The molecule has 0 aliphatic rings. The molecule has 3 aromatic rings. The Balaban J connectivity index is 1.94. The SMILES string of the molecule is O=c1[nH]cc(NCc2ccncc2)c2ccccc12. The highest BCUT2D eigenvalue weighted by atomic mass is 16.1. The molecule has 0 bridgehead atoms. The van der Waals surface area contributed by atoms with Crippen LogP contribution < -0.4 is 10.9 Å². The van der Waals surface area contributed by atoms with Crippen molar-refractivity contribution in [1.29, 1.82) is 0 Å². The fourth-order valence-electron chi connectivity index (χ4n) is 2.05. The van der Waals surface area contributed by atoms with Gasteiger partial charge < -0.3 is 10.3 Å². The molecule has 0 spiro atoms. The summed E-state index contributed by atoms with van der Waals surface area (Å²) in [7, 11) is 0. The molecule has 0 aliphatic heterocycles. The van der Waals surface area contributed by atoms with Crippen molar-refractivity contribution >= 4 is 16.5 Å². The van der Waals surface area contributed by atoms with E-state index in [-0.39, 0.29) is 5.56 Å². The van der Waals surface area contributed by atoms with Crippen molar-refractivity contribution in [2.75, 3.05) is 5.32 Å². The first kappa shape index (κ1) is 11.5. The Morgan fingerprint density at radius 2 is 1.79 bits per heavy atom. The second kappa shape index (κ2) is 4.94. The van der Waals surface area contributed by atoms with Crippen molar-refractivity contribution in [2.24, 2.45) is 0 Å². The molecule has 0 radical (unpaired) electrons. The minimum absolute atomic E-state index is 0.0648. The molecule has 2 heterocycles. The number of nitrogens with one attached hydrogen (secondary N) is 2. The van der Waals surface area contributed by atoms with Crippen LogP contribution in [0.5, 0.6) is 0 Å². The quantitative estimate of drug-likeness (QED) is 0.752. The van der Waals surface area contributed by atoms with Gasteiger partial charge in [0.25, 0.3) is 5.56 Å². The summed E-state index contributed by atoms with van der Waals surface area (Å²) in [4.78, 5) is 18.4. The predicted octanol–water partition coefficient (Wildman–Crippen LogP) is 2.54. The highest BCUT2D eigenvalue weighted by molar-refractivity contribution is 5.92. The largest absolute Gasteiger partial charge is 0.379 e. The average molecular weight is 251 g/mol. The summed E-state index contributed by atoms with van der Waals surface area (Å²) in [5.74, 6) is 0. The maximum absolute atomic E-state index is 11.7. The smallest absolute Gasteiger partial charge is 0.255 e. The summed E-state index contributed by atoms with van der Waals surface area (Å²) in [6, 6.07) is 11.5. The molecule has 0 unspecified atom stereocenters. The van der Waals surface area contributed by atoms with Gasteiger partial charge in [-0.15, -0.1) is 0 Å². The van der Waals surface area contributed by atoms with Gasteiger partial charge in [-0.3, -0.25) is 9.78 Å². The van der Waals surface area contributed by atoms with Gasteiger partial charge in [-0.05, 0) is 23.8 Å². The monoisotopic (exact) mass is 251 g/mol. The summed E-state index contributed by atoms with van der Waals surface area (Å²) >= 11 is 0. The maximum atomic E-state index is 11.7. The average Bonchev–Trinajstić information content (AvgIpc) is 2.48. The number of fused-ring (bicyclic) bond motifs is 1. The highest BCUT2D eigenvalue weighted by Gasteiger charge is 2.03. The lowest BCUT2D eigenvalue weighted by molar-refractivity contribution is 1.12. The third kappa shape index (κ3) is 2.33. The number of hydrogen-bond acceptors (Lipinski definition) is 3. The molecule has 0 amide bonds. The van der Waals surface area contributed by atoms with Crippen molar-refractivity contribution in [2.45, 2.75) is 6.54 Å². The Morgan fingerprint density at radius 1 is 1.05 bits per heavy atom. The van der Waals surface area contributed by atoms with Crippen LogP contribution >= 0.6 is 0 Å². The summed E-state index contributed by atoms with van der Waals surface area (Å²) in [5, 5.41) is 4.96. The summed E-state index contributed by atoms with van der Waals surface area (Å²) < 4.78 is 0. The summed E-state index contributed by atoms with van der Waals surface area (Å²) in [5.41, 5.74) is 2.00. The minimum Gasteiger partial charge on any atom is -0.379 e. The van der Waals surface area contributed by atoms with E-state index in [1.165, 1.54) is 0 Å². The molecular weight excluding hydrogens is 238 g/mol. The van der Waals surface area contributed by atoms with E-state index in [0.717, 1.165) is 16.6 Å². The zero-order valence-corrected chi connectivity index (χ0v) is 10.3. The fraction of sp³-hybridized carbons (Fsp3) is 0.0667. The van der Waals surface area contributed by atoms with E-state index in [0.29, 0.717) is 11.9 Å². The number of anilines is 1. The lowest BCUT2D eigenvalue weighted by Crippen LogP contribution is -2.08. The zero-order chi connectivity index (χ0) is 13.1. The third-order valence-electron chi connectivity index (χ3n) is 3.04. The Labute approximate surface area is 110 Å². The highest BCUT2D eigenvalue weighted by Crippen LogP contribution is 2.19. The van der Waals surface area contributed by atoms with Gasteiger partial charge >= 0.3 is 0 Å². The maximum Gasteiger partial charge on any atom is 0.255 e. The molecule has 0 saturated heterocycles. The van der Waals surface area contributed by atoms with Gasteiger partial charge in [0.1, 0.15) is 0 Å². The number of hydrogen-bond donors (Lipinski definition) is 2. The van der Waals surface area contributed by atoms with Crippen LogP contribution in [-0.2, 0) is 6.54 Å². The van der Waals surface area contributed by atoms with E-state index >= 15 is 0 Å². The first-order valence-electron chi connectivity index (χ1n) is 6.08. The van der Waals surface area contributed by atoms with Gasteiger partial charge in [-0.1, -0.05) is 18.2 Å². The van der Waals surface area contributed by atoms with Crippen LogP contribution in [0.1, 0.15) is 5.56 Å². The lowest BCUT2D eigenvalue weighted by atomic mass is 10.1. The molecular formula is C15H13N3O. The van der Waals surface area contributed by atoms with Gasteiger partial charge in [-0.2, -0.15) is 0 Å². The lowest BCUT2D eigenvalue weighted by Gasteiger charge is -2.09. The molecule has 3 rings (SSSR count). The Morgan fingerprint density at radius 3 is 2.58 bits per heavy atom. The standard InChI is InChI=1S/C15H13N3O/c19-15-13-4-2-1-3-12(13)14(10-18-15)17-9-11-5-7-16-8-6-11/h1-8,10,17H,9H2,(H,18,19). The van der Waals surface area contributed by atoms with E-state index < -0.39 is 0 Å². The molecule has 4 nitrogen and oxygen atoms in total. The molecule has 0 fully saturated rings. The van der Waals surface area contributed by atoms with Crippen molar-refractivity contribution in [3.63, 3.8) is 0 Å². The van der Waals surface area contributed by atoms with E-state index in [1.54, 1.807) is 18.6 Å². The van der Waals surface area contributed by atoms with Crippen LogP contribution in [0, 0.1) is 0 Å². The second-order valence-corrected chi connectivity index (χ2v) is 4.29.